The quantitative estimate of drug-likeness (QED) is 0.578. The number of nitrogens with two attached hydrogens (primary N) is 1. The number of benzene rings is 1. The first-order chi connectivity index (χ1) is 8.99. The summed E-state index contributed by atoms with van der Waals surface area (Å²) in [5.74, 6) is 0.655. The minimum Gasteiger partial charge on any atom is -0.496 e. The number of nitrogens with one attached hydrogen (secondary N) is 1. The number of likely N-dealkylation sites (N-methyl/N-ethyl adjacent to an activating group) is 1. The van der Waals surface area contributed by atoms with Gasteiger partial charge in [-0.15, -0.1) is 0 Å². The summed E-state index contributed by atoms with van der Waals surface area (Å²) in [7, 11) is 5.34. The third-order valence-electron chi connectivity index (χ3n) is 3.15. The average Bonchev–Trinajstić information content (AvgIpc) is 2.38. The van der Waals surface area contributed by atoms with Gasteiger partial charge in [-0.25, -0.2) is 0 Å². The van der Waals surface area contributed by atoms with Gasteiger partial charge in [-0.2, -0.15) is 0 Å². The summed E-state index contributed by atoms with van der Waals surface area (Å²) >= 11 is 0. The van der Waals surface area contributed by atoms with Crippen molar-refractivity contribution in [3.05, 3.63) is 29.3 Å². The Morgan fingerprint density at radius 1 is 1.42 bits per heavy atom. The normalized spacial score (nSPS) is 12.5. The molecule has 0 saturated carbocycles. The number of nitrogen functional groups attached to an aromatic ring is 1. The van der Waals surface area contributed by atoms with E-state index < -0.39 is 0 Å². The summed E-state index contributed by atoms with van der Waals surface area (Å²) in [6.07, 6.45) is 0. The van der Waals surface area contributed by atoms with Crippen LogP contribution in [0.25, 0.3) is 0 Å². The molecule has 0 amide bonds. The minimum atomic E-state index is 0.0181. The molecule has 0 bridgehead atoms. The van der Waals surface area contributed by atoms with E-state index in [-0.39, 0.29) is 5.84 Å². The summed E-state index contributed by atoms with van der Waals surface area (Å²) in [4.78, 5) is 2.20. The fourth-order valence-electron chi connectivity index (χ4n) is 1.87. The fourth-order valence-corrected chi connectivity index (χ4v) is 1.87. The Morgan fingerprint density at radius 2 is 2.11 bits per heavy atom. The zero-order valence-electron chi connectivity index (χ0n) is 12.1. The lowest BCUT2D eigenvalue weighted by atomic mass is 10.1. The van der Waals surface area contributed by atoms with Crippen molar-refractivity contribution in [2.75, 3.05) is 27.9 Å². The lowest BCUT2D eigenvalue weighted by Gasteiger charge is -2.24. The van der Waals surface area contributed by atoms with E-state index in [0.717, 1.165) is 12.1 Å². The maximum atomic E-state index is 7.49. The molecular weight excluding hydrogens is 242 g/mol. The first-order valence-electron chi connectivity index (χ1n) is 6.20. The lowest BCUT2D eigenvalue weighted by molar-refractivity contribution is 0.112. The van der Waals surface area contributed by atoms with Gasteiger partial charge in [0.1, 0.15) is 11.6 Å². The molecule has 0 aromatic heterocycles. The van der Waals surface area contributed by atoms with Crippen molar-refractivity contribution in [1.29, 1.82) is 5.41 Å². The number of ether oxygens (including phenoxy) is 2. The molecule has 106 valence electrons. The van der Waals surface area contributed by atoms with Gasteiger partial charge in [0.2, 0.25) is 0 Å². The van der Waals surface area contributed by atoms with Crippen LogP contribution in [-0.2, 0) is 11.3 Å². The van der Waals surface area contributed by atoms with E-state index in [1.807, 2.05) is 18.2 Å². The molecule has 1 unspecified atom stereocenters. The number of rotatable bonds is 7. The topological polar surface area (TPSA) is 71.6 Å². The predicted octanol–water partition coefficient (Wildman–Crippen LogP) is 1.45. The van der Waals surface area contributed by atoms with Crippen molar-refractivity contribution in [3.63, 3.8) is 0 Å². The molecule has 0 fully saturated rings. The summed E-state index contributed by atoms with van der Waals surface area (Å²) in [6, 6.07) is 6.05. The number of amidine groups is 1. The molecule has 0 aliphatic rings. The van der Waals surface area contributed by atoms with E-state index in [1.165, 1.54) is 0 Å². The van der Waals surface area contributed by atoms with Gasteiger partial charge in [-0.1, -0.05) is 6.07 Å². The molecule has 0 spiro atoms. The first kappa shape index (κ1) is 15.5. The Kier molecular flexibility index (Phi) is 5.79. The molecule has 0 radical (unpaired) electrons. The predicted molar refractivity (Wildman–Crippen MR) is 76.8 cm³/mol. The van der Waals surface area contributed by atoms with Gasteiger partial charge in [0.15, 0.2) is 0 Å². The highest BCUT2D eigenvalue weighted by atomic mass is 16.5. The molecule has 0 aliphatic heterocycles. The molecule has 0 aliphatic carbocycles. The highest BCUT2D eigenvalue weighted by Gasteiger charge is 2.12. The van der Waals surface area contributed by atoms with Crippen molar-refractivity contribution in [1.82, 2.24) is 4.90 Å². The molecule has 1 aromatic rings. The van der Waals surface area contributed by atoms with Gasteiger partial charge in [0.05, 0.1) is 19.3 Å². The SMILES string of the molecule is COCC(C)N(C)Cc1ccc(C(=N)N)c(OC)c1. The van der Waals surface area contributed by atoms with E-state index in [4.69, 9.17) is 20.6 Å². The van der Waals surface area contributed by atoms with Crippen LogP contribution in [0.1, 0.15) is 18.1 Å². The number of methoxy groups -OCH3 is 2. The monoisotopic (exact) mass is 265 g/mol. The molecule has 19 heavy (non-hydrogen) atoms. The summed E-state index contributed by atoms with van der Waals surface area (Å²) in [5.41, 5.74) is 7.25. The number of hydrogen-bond donors (Lipinski definition) is 2. The van der Waals surface area contributed by atoms with Crippen molar-refractivity contribution in [3.8, 4) is 5.75 Å². The van der Waals surface area contributed by atoms with Crippen LogP contribution in [0.4, 0.5) is 0 Å². The number of hydrogen-bond acceptors (Lipinski definition) is 4. The van der Waals surface area contributed by atoms with E-state index >= 15 is 0 Å². The summed E-state index contributed by atoms with van der Waals surface area (Å²) in [6.45, 7) is 3.60. The molecule has 1 rings (SSSR count). The average molecular weight is 265 g/mol. The maximum Gasteiger partial charge on any atom is 0.130 e. The lowest BCUT2D eigenvalue weighted by Crippen LogP contribution is -2.32. The van der Waals surface area contributed by atoms with E-state index in [1.54, 1.807) is 14.2 Å². The van der Waals surface area contributed by atoms with Crippen LogP contribution in [0.5, 0.6) is 5.75 Å². The van der Waals surface area contributed by atoms with Gasteiger partial charge in [0.25, 0.3) is 0 Å². The Balaban J connectivity index is 2.82. The van der Waals surface area contributed by atoms with E-state index in [0.29, 0.717) is 24.0 Å². The van der Waals surface area contributed by atoms with Gasteiger partial charge < -0.3 is 15.2 Å². The second-order valence-electron chi connectivity index (χ2n) is 4.67. The molecule has 5 nitrogen and oxygen atoms in total. The Hall–Kier alpha value is -1.59. The minimum absolute atomic E-state index is 0.0181. The van der Waals surface area contributed by atoms with Gasteiger partial charge >= 0.3 is 0 Å². The van der Waals surface area contributed by atoms with Crippen molar-refractivity contribution < 1.29 is 9.47 Å². The third-order valence-corrected chi connectivity index (χ3v) is 3.15. The van der Waals surface area contributed by atoms with Crippen molar-refractivity contribution in [2.45, 2.75) is 19.5 Å². The molecule has 1 aromatic carbocycles. The second-order valence-corrected chi connectivity index (χ2v) is 4.67. The first-order valence-corrected chi connectivity index (χ1v) is 6.20. The van der Waals surface area contributed by atoms with Crippen LogP contribution in [0.2, 0.25) is 0 Å². The molecule has 1 atom stereocenters. The van der Waals surface area contributed by atoms with Crippen LogP contribution in [-0.4, -0.2) is 44.7 Å². The van der Waals surface area contributed by atoms with Crippen LogP contribution in [0.15, 0.2) is 18.2 Å². The Bertz CT molecular complexity index is 435. The molecule has 0 heterocycles. The van der Waals surface area contributed by atoms with Crippen LogP contribution >= 0.6 is 0 Å². The van der Waals surface area contributed by atoms with Crippen molar-refractivity contribution in [2.24, 2.45) is 5.73 Å². The number of nitrogens with zero attached hydrogens (tertiary/aromatic N) is 1. The standard InChI is InChI=1S/C14H23N3O2/c1-10(9-18-3)17(2)8-11-5-6-12(14(15)16)13(7-11)19-4/h5-7,10H,8-9H2,1-4H3,(H3,15,16). The highest BCUT2D eigenvalue weighted by Crippen LogP contribution is 2.20. The van der Waals surface area contributed by atoms with Crippen LogP contribution in [0, 0.1) is 5.41 Å². The smallest absolute Gasteiger partial charge is 0.130 e. The molecule has 3 N–H and O–H groups in total. The summed E-state index contributed by atoms with van der Waals surface area (Å²) < 4.78 is 10.4. The van der Waals surface area contributed by atoms with Gasteiger partial charge in [0, 0.05) is 19.7 Å². The maximum absolute atomic E-state index is 7.49. The summed E-state index contributed by atoms with van der Waals surface area (Å²) in [5, 5.41) is 7.49. The zero-order chi connectivity index (χ0) is 14.4. The van der Waals surface area contributed by atoms with Crippen LogP contribution < -0.4 is 10.5 Å². The van der Waals surface area contributed by atoms with E-state index in [2.05, 4.69) is 18.9 Å². The molecular formula is C14H23N3O2. The Morgan fingerprint density at radius 3 is 2.63 bits per heavy atom. The highest BCUT2D eigenvalue weighted by molar-refractivity contribution is 5.97. The van der Waals surface area contributed by atoms with Gasteiger partial charge in [-0.05, 0) is 31.7 Å². The fraction of sp³-hybridized carbons (Fsp3) is 0.500. The third kappa shape index (κ3) is 4.22. The zero-order valence-corrected chi connectivity index (χ0v) is 12.1. The van der Waals surface area contributed by atoms with Crippen molar-refractivity contribution >= 4 is 5.84 Å². The van der Waals surface area contributed by atoms with E-state index in [9.17, 15) is 0 Å². The largest absolute Gasteiger partial charge is 0.496 e. The second kappa shape index (κ2) is 7.11. The Labute approximate surface area is 114 Å². The molecule has 0 saturated heterocycles. The van der Waals surface area contributed by atoms with Crippen LogP contribution in [0.3, 0.4) is 0 Å². The molecule has 5 heteroatoms. The van der Waals surface area contributed by atoms with Gasteiger partial charge in [-0.3, -0.25) is 10.3 Å².